The lowest BCUT2D eigenvalue weighted by molar-refractivity contribution is 0.305. The molecule has 0 bridgehead atoms. The Balaban J connectivity index is 1.77. The molecule has 2 N–H and O–H groups in total. The first-order chi connectivity index (χ1) is 6.74. The third-order valence-electron chi connectivity index (χ3n) is 2.71. The van der Waals surface area contributed by atoms with Gasteiger partial charge in [0.15, 0.2) is 5.82 Å². The van der Waals surface area contributed by atoms with Crippen molar-refractivity contribution >= 4 is 5.82 Å². The molecule has 0 aliphatic carbocycles. The van der Waals surface area contributed by atoms with Crippen molar-refractivity contribution in [2.45, 2.75) is 19.9 Å². The maximum Gasteiger partial charge on any atom is 0.165 e. The van der Waals surface area contributed by atoms with E-state index in [2.05, 4.69) is 22.1 Å². The molecular weight excluding hydrogens is 178 g/mol. The highest BCUT2D eigenvalue weighted by Crippen LogP contribution is 2.14. The number of hydrogen-bond acceptors (Lipinski definition) is 4. The van der Waals surface area contributed by atoms with E-state index >= 15 is 0 Å². The van der Waals surface area contributed by atoms with Crippen molar-refractivity contribution in [1.29, 1.82) is 0 Å². The monoisotopic (exact) mass is 195 g/mol. The van der Waals surface area contributed by atoms with E-state index in [4.69, 9.17) is 5.73 Å². The first kappa shape index (κ1) is 9.45. The van der Waals surface area contributed by atoms with Gasteiger partial charge >= 0.3 is 0 Å². The molecule has 1 atom stereocenters. The van der Waals surface area contributed by atoms with E-state index in [1.165, 1.54) is 19.5 Å². The quantitative estimate of drug-likeness (QED) is 0.748. The number of nitrogens with two attached hydrogens (primary N) is 1. The van der Waals surface area contributed by atoms with Crippen molar-refractivity contribution in [3.05, 3.63) is 6.20 Å². The number of hydrogen-bond donors (Lipinski definition) is 1. The van der Waals surface area contributed by atoms with Gasteiger partial charge in [-0.25, -0.2) is 4.68 Å². The zero-order valence-electron chi connectivity index (χ0n) is 8.56. The second-order valence-corrected chi connectivity index (χ2v) is 4.10. The van der Waals surface area contributed by atoms with Crippen molar-refractivity contribution in [2.75, 3.05) is 25.4 Å². The van der Waals surface area contributed by atoms with Gasteiger partial charge in [0.2, 0.25) is 0 Å². The molecule has 1 aliphatic heterocycles. The summed E-state index contributed by atoms with van der Waals surface area (Å²) in [6.45, 7) is 6.66. The standard InChI is InChI=1S/C9H17N5/c1-8-2-3-13(6-8)4-5-14-7-9(10)11-12-14/h7-8H,2-6,10H2,1H3. The van der Waals surface area contributed by atoms with Crippen LogP contribution in [0.5, 0.6) is 0 Å². The highest BCUT2D eigenvalue weighted by atomic mass is 15.4. The summed E-state index contributed by atoms with van der Waals surface area (Å²) in [5, 5.41) is 7.66. The van der Waals surface area contributed by atoms with Gasteiger partial charge in [-0.1, -0.05) is 12.1 Å². The largest absolute Gasteiger partial charge is 0.381 e. The average molecular weight is 195 g/mol. The SMILES string of the molecule is CC1CCN(CCn2cc(N)nn2)C1. The molecule has 0 amide bonds. The minimum absolute atomic E-state index is 0.500. The number of aromatic nitrogens is 3. The Bertz CT molecular complexity index is 295. The number of likely N-dealkylation sites (tertiary alicyclic amines) is 1. The van der Waals surface area contributed by atoms with Gasteiger partial charge in [-0.15, -0.1) is 5.10 Å². The van der Waals surface area contributed by atoms with E-state index in [-0.39, 0.29) is 0 Å². The van der Waals surface area contributed by atoms with Crippen molar-refractivity contribution in [3.63, 3.8) is 0 Å². The molecule has 5 nitrogen and oxygen atoms in total. The fourth-order valence-corrected chi connectivity index (χ4v) is 1.90. The number of rotatable bonds is 3. The van der Waals surface area contributed by atoms with Crippen molar-refractivity contribution in [2.24, 2.45) is 5.92 Å². The van der Waals surface area contributed by atoms with Gasteiger partial charge in [-0.05, 0) is 18.9 Å². The minimum atomic E-state index is 0.500. The maximum absolute atomic E-state index is 5.48. The van der Waals surface area contributed by atoms with Gasteiger partial charge in [-0.2, -0.15) is 0 Å². The first-order valence-corrected chi connectivity index (χ1v) is 5.12. The van der Waals surface area contributed by atoms with Gasteiger partial charge < -0.3 is 10.6 Å². The zero-order valence-corrected chi connectivity index (χ0v) is 8.56. The summed E-state index contributed by atoms with van der Waals surface area (Å²) in [4.78, 5) is 2.46. The molecule has 2 rings (SSSR count). The van der Waals surface area contributed by atoms with Gasteiger partial charge in [0.25, 0.3) is 0 Å². The first-order valence-electron chi connectivity index (χ1n) is 5.12. The number of nitrogen functional groups attached to an aromatic ring is 1. The molecule has 14 heavy (non-hydrogen) atoms. The molecule has 1 unspecified atom stereocenters. The summed E-state index contributed by atoms with van der Waals surface area (Å²) in [6.07, 6.45) is 3.10. The molecule has 0 spiro atoms. The lowest BCUT2D eigenvalue weighted by atomic mass is 10.2. The van der Waals surface area contributed by atoms with Gasteiger partial charge in [0.05, 0.1) is 12.7 Å². The van der Waals surface area contributed by atoms with Crippen LogP contribution in [0.15, 0.2) is 6.20 Å². The predicted molar refractivity (Wildman–Crippen MR) is 54.7 cm³/mol. The fourth-order valence-electron chi connectivity index (χ4n) is 1.90. The van der Waals surface area contributed by atoms with Gasteiger partial charge in [0, 0.05) is 13.1 Å². The van der Waals surface area contributed by atoms with Crippen LogP contribution in [-0.4, -0.2) is 39.5 Å². The highest BCUT2D eigenvalue weighted by molar-refractivity contribution is 5.19. The molecule has 2 heterocycles. The Morgan fingerprint density at radius 3 is 3.00 bits per heavy atom. The van der Waals surface area contributed by atoms with Crippen molar-refractivity contribution in [3.8, 4) is 0 Å². The molecule has 1 aliphatic rings. The topological polar surface area (TPSA) is 60.0 Å². The highest BCUT2D eigenvalue weighted by Gasteiger charge is 2.17. The van der Waals surface area contributed by atoms with E-state index in [1.807, 2.05) is 0 Å². The third kappa shape index (κ3) is 2.23. The molecule has 78 valence electrons. The summed E-state index contributed by atoms with van der Waals surface area (Å²) >= 11 is 0. The second kappa shape index (κ2) is 3.96. The van der Waals surface area contributed by atoms with Crippen LogP contribution in [0.2, 0.25) is 0 Å². The van der Waals surface area contributed by atoms with Crippen molar-refractivity contribution < 1.29 is 0 Å². The van der Waals surface area contributed by atoms with E-state index in [9.17, 15) is 0 Å². The Morgan fingerprint density at radius 1 is 1.57 bits per heavy atom. The molecule has 0 aromatic carbocycles. The number of anilines is 1. The molecule has 5 heteroatoms. The van der Waals surface area contributed by atoms with Gasteiger partial charge in [0.1, 0.15) is 0 Å². The summed E-state index contributed by atoms with van der Waals surface area (Å²) in [5.74, 6) is 1.34. The van der Waals surface area contributed by atoms with Crippen LogP contribution in [0.25, 0.3) is 0 Å². The normalized spacial score (nSPS) is 23.1. The second-order valence-electron chi connectivity index (χ2n) is 4.10. The molecule has 0 radical (unpaired) electrons. The summed E-state index contributed by atoms with van der Waals surface area (Å²) in [7, 11) is 0. The van der Waals surface area contributed by atoms with Crippen LogP contribution in [0.4, 0.5) is 5.82 Å². The molecular formula is C9H17N5. The minimum Gasteiger partial charge on any atom is -0.381 e. The summed E-state index contributed by atoms with van der Waals surface area (Å²) in [5.41, 5.74) is 5.48. The summed E-state index contributed by atoms with van der Waals surface area (Å²) in [6, 6.07) is 0. The molecule has 1 saturated heterocycles. The van der Waals surface area contributed by atoms with Crippen LogP contribution < -0.4 is 5.73 Å². The Hall–Kier alpha value is -1.10. The van der Waals surface area contributed by atoms with Gasteiger partial charge in [-0.3, -0.25) is 0 Å². The Kier molecular flexibility index (Phi) is 2.67. The molecule has 1 fully saturated rings. The molecule has 1 aromatic rings. The lowest BCUT2D eigenvalue weighted by Gasteiger charge is -2.14. The molecule has 0 saturated carbocycles. The van der Waals surface area contributed by atoms with E-state index < -0.39 is 0 Å². The van der Waals surface area contributed by atoms with Crippen LogP contribution in [-0.2, 0) is 6.54 Å². The lowest BCUT2D eigenvalue weighted by Crippen LogP contribution is -2.25. The van der Waals surface area contributed by atoms with Crippen LogP contribution in [0, 0.1) is 5.92 Å². The Morgan fingerprint density at radius 2 is 2.43 bits per heavy atom. The summed E-state index contributed by atoms with van der Waals surface area (Å²) < 4.78 is 1.80. The maximum atomic E-state index is 5.48. The van der Waals surface area contributed by atoms with E-state index in [0.717, 1.165) is 19.0 Å². The van der Waals surface area contributed by atoms with Crippen LogP contribution >= 0.6 is 0 Å². The molecule has 1 aromatic heterocycles. The van der Waals surface area contributed by atoms with Crippen LogP contribution in [0.1, 0.15) is 13.3 Å². The fraction of sp³-hybridized carbons (Fsp3) is 0.778. The Labute approximate surface area is 83.9 Å². The zero-order chi connectivity index (χ0) is 9.97. The predicted octanol–water partition coefficient (Wildman–Crippen LogP) is 0.202. The van der Waals surface area contributed by atoms with Crippen molar-refractivity contribution in [1.82, 2.24) is 19.9 Å². The van der Waals surface area contributed by atoms with Crippen LogP contribution in [0.3, 0.4) is 0 Å². The van der Waals surface area contributed by atoms with E-state index in [1.54, 1.807) is 10.9 Å². The van der Waals surface area contributed by atoms with E-state index in [0.29, 0.717) is 5.82 Å². The number of nitrogens with zero attached hydrogens (tertiary/aromatic N) is 4. The third-order valence-corrected chi connectivity index (χ3v) is 2.71. The average Bonchev–Trinajstić information content (AvgIpc) is 2.72. The smallest absolute Gasteiger partial charge is 0.165 e.